The maximum Gasteiger partial charge on any atom is 0.239 e. The van der Waals surface area contributed by atoms with Crippen LogP contribution in [0.25, 0.3) is 0 Å². The molecule has 0 fully saturated rings. The highest BCUT2D eigenvalue weighted by Gasteiger charge is 2.19. The molecule has 122 valence electrons. The summed E-state index contributed by atoms with van der Waals surface area (Å²) >= 11 is 11.7. The number of sulfone groups is 1. The molecule has 0 aromatic heterocycles. The Labute approximate surface area is 145 Å². The lowest BCUT2D eigenvalue weighted by Gasteiger charge is -2.08. The fraction of sp³-hybridized carbons (Fsp3) is 0.188. The first-order chi connectivity index (χ1) is 10.7. The van der Waals surface area contributed by atoms with Crippen molar-refractivity contribution in [1.82, 2.24) is 0 Å². The molecule has 2 rings (SSSR count). The summed E-state index contributed by atoms with van der Waals surface area (Å²) in [5.74, 6) is -1.51. The molecule has 0 aliphatic heterocycles. The quantitative estimate of drug-likeness (QED) is 0.867. The van der Waals surface area contributed by atoms with Gasteiger partial charge < -0.3 is 5.32 Å². The molecule has 0 heterocycles. The molecular formula is C16H15Cl2NO3S. The number of aryl methyl sites for hydroxylation is 1. The monoisotopic (exact) mass is 371 g/mol. The Balaban J connectivity index is 2.04. The minimum Gasteiger partial charge on any atom is -0.325 e. The van der Waals surface area contributed by atoms with Gasteiger partial charge in [0, 0.05) is 15.7 Å². The maximum atomic E-state index is 12.2. The fourth-order valence-corrected chi connectivity index (χ4v) is 3.90. The van der Waals surface area contributed by atoms with Gasteiger partial charge in [-0.3, -0.25) is 4.79 Å². The highest BCUT2D eigenvalue weighted by atomic mass is 35.5. The SMILES string of the molecule is Cc1cccc(NC(=O)CS(=O)(=O)Cc2ccc(Cl)cc2Cl)c1. The Morgan fingerprint density at radius 3 is 2.52 bits per heavy atom. The van der Waals surface area contributed by atoms with Crippen LogP contribution in [0.15, 0.2) is 42.5 Å². The standard InChI is InChI=1S/C16H15Cl2NO3S/c1-11-3-2-4-14(7-11)19-16(20)10-23(21,22)9-12-5-6-13(17)8-15(12)18/h2-8H,9-10H2,1H3,(H,19,20). The summed E-state index contributed by atoms with van der Waals surface area (Å²) in [4.78, 5) is 11.9. The zero-order valence-electron chi connectivity index (χ0n) is 12.3. The van der Waals surface area contributed by atoms with Crippen molar-refractivity contribution < 1.29 is 13.2 Å². The first kappa shape index (κ1) is 17.8. The van der Waals surface area contributed by atoms with Crippen molar-refractivity contribution in [3.63, 3.8) is 0 Å². The molecule has 0 bridgehead atoms. The van der Waals surface area contributed by atoms with Crippen molar-refractivity contribution >= 4 is 44.6 Å². The zero-order chi connectivity index (χ0) is 17.0. The van der Waals surface area contributed by atoms with Crippen molar-refractivity contribution in [3.8, 4) is 0 Å². The first-order valence-corrected chi connectivity index (χ1v) is 9.34. The Morgan fingerprint density at radius 1 is 1.13 bits per heavy atom. The Kier molecular flexibility index (Phi) is 5.68. The molecule has 7 heteroatoms. The number of anilines is 1. The minimum absolute atomic E-state index is 0.264. The van der Waals surface area contributed by atoms with E-state index in [1.807, 2.05) is 13.0 Å². The number of halogens is 2. The van der Waals surface area contributed by atoms with E-state index in [9.17, 15) is 13.2 Å². The van der Waals surface area contributed by atoms with Crippen LogP contribution in [0.2, 0.25) is 10.0 Å². The summed E-state index contributed by atoms with van der Waals surface area (Å²) in [6.45, 7) is 1.88. The van der Waals surface area contributed by atoms with Gasteiger partial charge >= 0.3 is 0 Å². The van der Waals surface area contributed by atoms with E-state index >= 15 is 0 Å². The maximum absolute atomic E-state index is 12.2. The highest BCUT2D eigenvalue weighted by molar-refractivity contribution is 7.91. The van der Waals surface area contributed by atoms with Gasteiger partial charge in [-0.25, -0.2) is 8.42 Å². The average Bonchev–Trinajstić information content (AvgIpc) is 2.41. The van der Waals surface area contributed by atoms with E-state index in [1.54, 1.807) is 30.3 Å². The molecule has 0 radical (unpaired) electrons. The van der Waals surface area contributed by atoms with Crippen molar-refractivity contribution in [2.45, 2.75) is 12.7 Å². The van der Waals surface area contributed by atoms with E-state index in [0.717, 1.165) is 5.56 Å². The summed E-state index contributed by atoms with van der Waals surface area (Å²) in [5.41, 5.74) is 1.95. The second kappa shape index (κ2) is 7.34. The molecule has 2 aromatic rings. The van der Waals surface area contributed by atoms with Gasteiger partial charge in [0.15, 0.2) is 9.84 Å². The van der Waals surface area contributed by atoms with Crippen LogP contribution in [0.5, 0.6) is 0 Å². The molecule has 0 aliphatic rings. The lowest BCUT2D eigenvalue weighted by molar-refractivity contribution is -0.113. The number of rotatable bonds is 5. The lowest BCUT2D eigenvalue weighted by atomic mass is 10.2. The Bertz CT molecular complexity index is 835. The van der Waals surface area contributed by atoms with Gasteiger partial charge in [-0.15, -0.1) is 0 Å². The van der Waals surface area contributed by atoms with Crippen LogP contribution in [0.4, 0.5) is 5.69 Å². The molecule has 4 nitrogen and oxygen atoms in total. The Morgan fingerprint density at radius 2 is 1.87 bits per heavy atom. The van der Waals surface area contributed by atoms with E-state index < -0.39 is 21.5 Å². The number of benzene rings is 2. The number of nitrogens with one attached hydrogen (secondary N) is 1. The van der Waals surface area contributed by atoms with Crippen LogP contribution in [-0.2, 0) is 20.4 Å². The Hall–Kier alpha value is -1.56. The summed E-state index contributed by atoms with van der Waals surface area (Å²) in [7, 11) is -3.64. The molecule has 1 N–H and O–H groups in total. The van der Waals surface area contributed by atoms with E-state index in [4.69, 9.17) is 23.2 Å². The number of hydrogen-bond donors (Lipinski definition) is 1. The molecule has 0 atom stereocenters. The van der Waals surface area contributed by atoms with Gasteiger partial charge in [0.1, 0.15) is 5.75 Å². The summed E-state index contributed by atoms with van der Waals surface area (Å²) in [6, 6.07) is 11.7. The van der Waals surface area contributed by atoms with Crippen LogP contribution in [0.1, 0.15) is 11.1 Å². The highest BCUT2D eigenvalue weighted by Crippen LogP contribution is 2.23. The number of carbonyl (C=O) groups excluding carboxylic acids is 1. The van der Waals surface area contributed by atoms with Crippen LogP contribution >= 0.6 is 23.2 Å². The predicted molar refractivity (Wildman–Crippen MR) is 93.8 cm³/mol. The molecule has 0 saturated heterocycles. The third-order valence-corrected chi connectivity index (χ3v) is 5.08. The number of amides is 1. The molecule has 23 heavy (non-hydrogen) atoms. The van der Waals surface area contributed by atoms with Crippen molar-refractivity contribution in [3.05, 3.63) is 63.6 Å². The van der Waals surface area contributed by atoms with Crippen LogP contribution in [0.3, 0.4) is 0 Å². The molecule has 0 spiro atoms. The predicted octanol–water partition coefficient (Wildman–Crippen LogP) is 3.86. The number of carbonyl (C=O) groups is 1. The molecule has 0 aliphatic carbocycles. The zero-order valence-corrected chi connectivity index (χ0v) is 14.7. The second-order valence-electron chi connectivity index (χ2n) is 5.19. The van der Waals surface area contributed by atoms with E-state index in [-0.39, 0.29) is 10.8 Å². The summed E-state index contributed by atoms with van der Waals surface area (Å²) in [5, 5.41) is 3.26. The van der Waals surface area contributed by atoms with Crippen molar-refractivity contribution in [1.29, 1.82) is 0 Å². The van der Waals surface area contributed by atoms with Crippen molar-refractivity contribution in [2.24, 2.45) is 0 Å². The van der Waals surface area contributed by atoms with Gasteiger partial charge in [-0.2, -0.15) is 0 Å². The third kappa shape index (κ3) is 5.53. The molecule has 0 saturated carbocycles. The van der Waals surface area contributed by atoms with Gasteiger partial charge in [0.05, 0.1) is 5.75 Å². The van der Waals surface area contributed by atoms with E-state index in [2.05, 4.69) is 5.32 Å². The summed E-state index contributed by atoms with van der Waals surface area (Å²) < 4.78 is 24.3. The lowest BCUT2D eigenvalue weighted by Crippen LogP contribution is -2.24. The molecule has 2 aromatic carbocycles. The van der Waals surface area contributed by atoms with Gasteiger partial charge in [-0.05, 0) is 42.3 Å². The smallest absolute Gasteiger partial charge is 0.239 e. The van der Waals surface area contributed by atoms with Crippen LogP contribution in [0, 0.1) is 6.92 Å². The molecular weight excluding hydrogens is 357 g/mol. The minimum atomic E-state index is -3.64. The first-order valence-electron chi connectivity index (χ1n) is 6.76. The van der Waals surface area contributed by atoms with Crippen LogP contribution < -0.4 is 5.32 Å². The third-order valence-electron chi connectivity index (χ3n) is 3.04. The fourth-order valence-electron chi connectivity index (χ4n) is 2.05. The molecule has 1 amide bonds. The number of hydrogen-bond acceptors (Lipinski definition) is 3. The van der Waals surface area contributed by atoms with E-state index in [1.165, 1.54) is 6.07 Å². The topological polar surface area (TPSA) is 63.2 Å². The van der Waals surface area contributed by atoms with E-state index in [0.29, 0.717) is 16.3 Å². The largest absolute Gasteiger partial charge is 0.325 e. The summed E-state index contributed by atoms with van der Waals surface area (Å²) in [6.07, 6.45) is 0. The normalized spacial score (nSPS) is 11.3. The van der Waals surface area contributed by atoms with Gasteiger partial charge in [0.2, 0.25) is 5.91 Å². The molecule has 0 unspecified atom stereocenters. The average molecular weight is 372 g/mol. The van der Waals surface area contributed by atoms with Gasteiger partial charge in [-0.1, -0.05) is 41.4 Å². The van der Waals surface area contributed by atoms with Crippen LogP contribution in [-0.4, -0.2) is 20.1 Å². The van der Waals surface area contributed by atoms with Crippen molar-refractivity contribution in [2.75, 3.05) is 11.1 Å². The van der Waals surface area contributed by atoms with Gasteiger partial charge in [0.25, 0.3) is 0 Å². The second-order valence-corrected chi connectivity index (χ2v) is 8.09.